The molecule has 10 heteroatoms. The number of benzene rings is 1. The van der Waals surface area contributed by atoms with Crippen molar-refractivity contribution >= 4 is 52.0 Å². The molecule has 0 radical (unpaired) electrons. The summed E-state index contributed by atoms with van der Waals surface area (Å²) >= 11 is 8.26. The molecule has 0 spiro atoms. The number of ketones is 1. The second-order valence-electron chi connectivity index (χ2n) is 6.36. The molecule has 1 aromatic rings. The van der Waals surface area contributed by atoms with E-state index in [9.17, 15) is 14.4 Å². The van der Waals surface area contributed by atoms with Crippen LogP contribution >= 0.6 is 34.2 Å². The quantitative estimate of drug-likeness (QED) is 0.267. The Morgan fingerprint density at radius 2 is 2.00 bits per heavy atom. The summed E-state index contributed by atoms with van der Waals surface area (Å²) < 4.78 is 26.0. The summed E-state index contributed by atoms with van der Waals surface area (Å²) in [6.45, 7) is 2.63. The van der Waals surface area contributed by atoms with Crippen LogP contribution in [0.2, 0.25) is 0 Å². The molecule has 1 heterocycles. The average molecular weight is 525 g/mol. The first-order valence-electron chi connectivity index (χ1n) is 8.17. The van der Waals surface area contributed by atoms with Crippen LogP contribution in [0.5, 0.6) is 0 Å². The molecule has 4 atom stereocenters. The van der Waals surface area contributed by atoms with Gasteiger partial charge in [-0.3, -0.25) is 9.69 Å². The van der Waals surface area contributed by atoms with E-state index in [-0.39, 0.29) is 15.8 Å². The normalized spacial score (nSPS) is 29.6. The molecule has 2 amide bonds. The number of carbonyl (C=O) groups excluding carboxylic acids is 3. The predicted molar refractivity (Wildman–Crippen MR) is 109 cm³/mol. The Balaban J connectivity index is 2.38. The highest BCUT2D eigenvalue weighted by molar-refractivity contribution is 14.1. The van der Waals surface area contributed by atoms with E-state index in [2.05, 4.69) is 0 Å². The van der Waals surface area contributed by atoms with Crippen molar-refractivity contribution < 1.29 is 28.2 Å². The van der Waals surface area contributed by atoms with Gasteiger partial charge in [-0.1, -0.05) is 40.8 Å². The summed E-state index contributed by atoms with van der Waals surface area (Å²) in [7, 11) is 0. The Bertz CT molecular complexity index is 791. The van der Waals surface area contributed by atoms with Crippen molar-refractivity contribution in [3.63, 3.8) is 0 Å². The van der Waals surface area contributed by atoms with Gasteiger partial charge in [0.25, 0.3) is 5.85 Å². The predicted octanol–water partition coefficient (Wildman–Crippen LogP) is 3.15. The van der Waals surface area contributed by atoms with Gasteiger partial charge < -0.3 is 15.2 Å². The molecule has 1 fully saturated rings. The number of alkyl halides is 3. The van der Waals surface area contributed by atoms with Crippen molar-refractivity contribution in [2.75, 3.05) is 4.43 Å². The highest BCUT2D eigenvalue weighted by Gasteiger charge is 2.66. The fourth-order valence-electron chi connectivity index (χ4n) is 2.75. The van der Waals surface area contributed by atoms with Gasteiger partial charge in [0.1, 0.15) is 4.87 Å². The topological polar surface area (TPSA) is 98.9 Å². The van der Waals surface area contributed by atoms with Crippen molar-refractivity contribution in [2.24, 2.45) is 5.73 Å². The second-order valence-corrected chi connectivity index (χ2v) is 7.94. The van der Waals surface area contributed by atoms with Crippen molar-refractivity contribution in [1.82, 2.24) is 4.90 Å². The molecule has 0 bridgehead atoms. The van der Waals surface area contributed by atoms with Crippen LogP contribution in [0.15, 0.2) is 42.6 Å². The van der Waals surface area contributed by atoms with Gasteiger partial charge in [0, 0.05) is 6.20 Å². The highest BCUT2D eigenvalue weighted by atomic mass is 127. The van der Waals surface area contributed by atoms with E-state index in [0.29, 0.717) is 0 Å². The number of ether oxygens (including phenoxy) is 2. The lowest BCUT2D eigenvalue weighted by molar-refractivity contribution is -0.171. The molecule has 0 unspecified atom stereocenters. The molecule has 1 aliphatic heterocycles. The number of primary amides is 1. The van der Waals surface area contributed by atoms with Crippen molar-refractivity contribution in [1.29, 1.82) is 0 Å². The third-order valence-corrected chi connectivity index (χ3v) is 5.51. The van der Waals surface area contributed by atoms with E-state index < -0.39 is 35.1 Å². The maximum Gasteiger partial charge on any atom is 0.338 e. The number of hydrogen-bond acceptors (Lipinski definition) is 5. The number of amides is 2. The Labute approximate surface area is 180 Å². The van der Waals surface area contributed by atoms with Crippen LogP contribution in [-0.4, -0.2) is 50.2 Å². The third kappa shape index (κ3) is 4.64. The van der Waals surface area contributed by atoms with Crippen LogP contribution in [0.3, 0.4) is 0 Å². The minimum atomic E-state index is -2.48. The lowest BCUT2D eigenvalue weighted by atomic mass is 9.99. The van der Waals surface area contributed by atoms with Gasteiger partial charge in [0.2, 0.25) is 0 Å². The molecule has 7 nitrogen and oxygen atoms in total. The van der Waals surface area contributed by atoms with E-state index in [1.165, 1.54) is 26.0 Å². The molecular formula is C18H19ClFIN2O5. The monoisotopic (exact) mass is 524 g/mol. The summed E-state index contributed by atoms with van der Waals surface area (Å²) in [6, 6.07) is 6.99. The summed E-state index contributed by atoms with van der Waals surface area (Å²) in [5.74, 6) is -3.64. The van der Waals surface area contributed by atoms with Gasteiger partial charge in [-0.15, -0.1) is 11.6 Å². The lowest BCUT2D eigenvalue weighted by Crippen LogP contribution is -2.52. The lowest BCUT2D eigenvalue weighted by Gasteiger charge is -2.32. The van der Waals surface area contributed by atoms with Crippen molar-refractivity contribution in [2.45, 2.75) is 36.9 Å². The van der Waals surface area contributed by atoms with Gasteiger partial charge in [0.15, 0.2) is 18.1 Å². The number of hydrogen-bond donors (Lipinski definition) is 1. The molecule has 1 saturated heterocycles. The first-order valence-corrected chi connectivity index (χ1v) is 10.1. The van der Waals surface area contributed by atoms with Crippen LogP contribution in [0.25, 0.3) is 0 Å². The van der Waals surface area contributed by atoms with Crippen LogP contribution in [0, 0.1) is 0 Å². The van der Waals surface area contributed by atoms with E-state index in [0.717, 1.165) is 17.2 Å². The van der Waals surface area contributed by atoms with Gasteiger partial charge in [-0.2, -0.15) is 0 Å². The second kappa shape index (κ2) is 8.75. The molecular weight excluding hydrogens is 506 g/mol. The highest BCUT2D eigenvalue weighted by Crippen LogP contribution is 2.48. The van der Waals surface area contributed by atoms with Crippen LogP contribution < -0.4 is 5.73 Å². The van der Waals surface area contributed by atoms with Gasteiger partial charge in [-0.25, -0.2) is 14.0 Å². The Hall–Kier alpha value is -1.72. The third-order valence-electron chi connectivity index (χ3n) is 4.09. The standard InChI is InChI=1S/C18H19ClFIN2O5/c1-11(24)8-9-23(16(22)26)15-17(2,19)14(18(20,10-21)28-15)27-13(25)12-6-4-3-5-7-12/h3-9,14-15H,10H2,1-2H3,(H2,22,26)/b9-8-/t14-,15+,17+,18+/m0/s1. The van der Waals surface area contributed by atoms with Gasteiger partial charge in [-0.05, 0) is 32.1 Å². The first kappa shape index (κ1) is 22.6. The zero-order chi connectivity index (χ0) is 21.1. The van der Waals surface area contributed by atoms with Gasteiger partial charge >= 0.3 is 12.0 Å². The molecule has 2 rings (SSSR count). The SMILES string of the molecule is CC(=O)/C=C\N(C(N)=O)[C@@H]1O[C@](F)(CI)[C@@H](OC(=O)c2ccccc2)[C@@]1(C)Cl. The minimum absolute atomic E-state index is 0.206. The maximum absolute atomic E-state index is 15.5. The van der Waals surface area contributed by atoms with Crippen molar-refractivity contribution in [3.05, 3.63) is 48.2 Å². The van der Waals surface area contributed by atoms with E-state index in [1.807, 2.05) is 0 Å². The van der Waals surface area contributed by atoms with Crippen molar-refractivity contribution in [3.8, 4) is 0 Å². The zero-order valence-corrected chi connectivity index (χ0v) is 18.0. The summed E-state index contributed by atoms with van der Waals surface area (Å²) in [5, 5.41) is 0. The molecule has 1 aromatic carbocycles. The average Bonchev–Trinajstić information content (AvgIpc) is 2.83. The first-order chi connectivity index (χ1) is 13.0. The molecule has 0 aromatic heterocycles. The number of allylic oxidation sites excluding steroid dienone is 1. The number of nitrogens with zero attached hydrogens (tertiary/aromatic N) is 1. The van der Waals surface area contributed by atoms with E-state index >= 15 is 4.39 Å². The molecule has 2 N–H and O–H groups in total. The minimum Gasteiger partial charge on any atom is -0.451 e. The Kier molecular flexibility index (Phi) is 7.05. The smallest absolute Gasteiger partial charge is 0.338 e. The number of urea groups is 1. The number of esters is 1. The molecule has 152 valence electrons. The maximum atomic E-state index is 15.5. The zero-order valence-electron chi connectivity index (χ0n) is 15.1. The summed E-state index contributed by atoms with van der Waals surface area (Å²) in [6.07, 6.45) is -0.848. The largest absolute Gasteiger partial charge is 0.451 e. The molecule has 0 aliphatic carbocycles. The van der Waals surface area contributed by atoms with E-state index in [1.54, 1.807) is 40.8 Å². The number of carbonyl (C=O) groups is 3. The molecule has 28 heavy (non-hydrogen) atoms. The van der Waals surface area contributed by atoms with Gasteiger partial charge in [0.05, 0.1) is 9.99 Å². The number of rotatable bonds is 6. The molecule has 1 aliphatic rings. The fourth-order valence-corrected chi connectivity index (χ4v) is 3.69. The van der Waals surface area contributed by atoms with Crippen LogP contribution in [-0.2, 0) is 14.3 Å². The van der Waals surface area contributed by atoms with Crippen LogP contribution in [0.4, 0.5) is 9.18 Å². The number of nitrogens with two attached hydrogens (primary N) is 1. The fraction of sp³-hybridized carbons (Fsp3) is 0.389. The number of halogens is 3. The summed E-state index contributed by atoms with van der Waals surface area (Å²) in [4.78, 5) is 34.6. The Morgan fingerprint density at radius 3 is 2.50 bits per heavy atom. The Morgan fingerprint density at radius 1 is 1.39 bits per heavy atom. The van der Waals surface area contributed by atoms with E-state index in [4.69, 9.17) is 26.8 Å². The van der Waals surface area contributed by atoms with Crippen LogP contribution in [0.1, 0.15) is 24.2 Å². The molecule has 0 saturated carbocycles. The summed E-state index contributed by atoms with van der Waals surface area (Å²) in [5.41, 5.74) is 5.55.